The van der Waals surface area contributed by atoms with Gasteiger partial charge < -0.3 is 39.6 Å². The molecule has 4 atom stereocenters. The zero-order chi connectivity index (χ0) is 25.3. The average Bonchev–Trinajstić information content (AvgIpc) is 2.81. The Balaban J connectivity index is 1.62. The molecule has 4 N–H and O–H groups in total. The van der Waals surface area contributed by atoms with Crippen molar-refractivity contribution in [2.24, 2.45) is 5.11 Å². The molecular weight excluding hydrogens is 476 g/mol. The van der Waals surface area contributed by atoms with Gasteiger partial charge in [-0.1, -0.05) is 5.11 Å². The first-order valence-corrected chi connectivity index (χ1v) is 9.82. The number of aliphatic hydroxyl groups excluding tert-OH is 3. The lowest BCUT2D eigenvalue weighted by Crippen LogP contribution is -2.53. The maximum atomic E-state index is 13.9. The zero-order valence-corrected chi connectivity index (χ0v) is 17.5. The van der Waals surface area contributed by atoms with Gasteiger partial charge in [-0.05, 0) is 5.53 Å². The van der Waals surface area contributed by atoms with Gasteiger partial charge in [-0.2, -0.15) is 0 Å². The molecule has 0 aromatic heterocycles. The van der Waals surface area contributed by atoms with Crippen molar-refractivity contribution in [2.75, 3.05) is 46.2 Å². The quantitative estimate of drug-likeness (QED) is 0.0800. The maximum absolute atomic E-state index is 13.9. The molecule has 1 aromatic carbocycles. The highest BCUT2D eigenvalue weighted by Gasteiger charge is 2.38. The fraction of sp³-hybridized carbons (Fsp3) is 0.611. The first kappa shape index (κ1) is 27.7. The van der Waals surface area contributed by atoms with E-state index in [1.54, 1.807) is 0 Å². The summed E-state index contributed by atoms with van der Waals surface area (Å²) in [5, 5.41) is 33.1. The van der Waals surface area contributed by atoms with Gasteiger partial charge in [0.25, 0.3) is 5.91 Å². The first-order chi connectivity index (χ1) is 16.2. The Labute approximate surface area is 189 Å². The molecule has 0 spiro atoms. The van der Waals surface area contributed by atoms with Gasteiger partial charge in [-0.15, -0.1) is 0 Å². The lowest BCUT2D eigenvalue weighted by Gasteiger charge is -2.34. The van der Waals surface area contributed by atoms with Crippen molar-refractivity contribution in [3.63, 3.8) is 0 Å². The van der Waals surface area contributed by atoms with Crippen LogP contribution in [0.5, 0.6) is 0 Å². The van der Waals surface area contributed by atoms with E-state index < -0.39 is 65.0 Å². The number of carbonyl (C=O) groups excluding carboxylic acids is 1. The van der Waals surface area contributed by atoms with Crippen LogP contribution in [0.25, 0.3) is 10.4 Å². The van der Waals surface area contributed by atoms with E-state index in [0.29, 0.717) is 0 Å². The van der Waals surface area contributed by atoms with Crippen molar-refractivity contribution in [2.45, 2.75) is 24.6 Å². The van der Waals surface area contributed by atoms with Gasteiger partial charge >= 0.3 is 0 Å². The SMILES string of the molecule is [N-]=[N+]=Nc1c(F)c(F)c(C(=O)NCCOCCOCCO[C@@H]2OC[C@@H](O)[C@H](O)C2O)c(F)c1F. The molecular formula is C18H22F4N4O8. The summed E-state index contributed by atoms with van der Waals surface area (Å²) >= 11 is 0. The van der Waals surface area contributed by atoms with Crippen LogP contribution in [-0.2, 0) is 18.9 Å². The summed E-state index contributed by atoms with van der Waals surface area (Å²) in [5.74, 6) is -9.46. The van der Waals surface area contributed by atoms with Crippen LogP contribution in [0.3, 0.4) is 0 Å². The Morgan fingerprint density at radius 1 is 1.00 bits per heavy atom. The van der Waals surface area contributed by atoms with Crippen molar-refractivity contribution >= 4 is 11.6 Å². The highest BCUT2D eigenvalue weighted by molar-refractivity contribution is 5.95. The molecule has 190 valence electrons. The summed E-state index contributed by atoms with van der Waals surface area (Å²) in [6, 6.07) is 0. The first-order valence-electron chi connectivity index (χ1n) is 9.82. The Kier molecular flexibility index (Phi) is 10.9. The molecule has 1 aliphatic rings. The molecule has 1 heterocycles. The fourth-order valence-electron chi connectivity index (χ4n) is 2.75. The van der Waals surface area contributed by atoms with E-state index in [1.165, 1.54) is 0 Å². The molecule has 16 heteroatoms. The molecule has 1 aromatic rings. The molecule has 1 amide bonds. The van der Waals surface area contributed by atoms with Gasteiger partial charge in [-0.25, -0.2) is 17.6 Å². The number of carbonyl (C=O) groups is 1. The standard InChI is InChI=1S/C18H22F4N4O8/c19-10-9(11(20)13(22)14(12(10)21)25-26-23)17(30)24-1-2-31-3-4-32-5-6-33-18-16(29)15(28)8(27)7-34-18/h8,15-16,18,27-29H,1-7H2,(H,24,30)/t8-,15+,16?,18-/m1/s1. The van der Waals surface area contributed by atoms with Crippen LogP contribution < -0.4 is 5.32 Å². The number of nitrogens with zero attached hydrogens (tertiary/aromatic N) is 3. The summed E-state index contributed by atoms with van der Waals surface area (Å²) < 4.78 is 75.8. The zero-order valence-electron chi connectivity index (χ0n) is 17.5. The van der Waals surface area contributed by atoms with Crippen molar-refractivity contribution in [3.8, 4) is 0 Å². The predicted octanol–water partition coefficient (Wildman–Crippen LogP) is 0.403. The van der Waals surface area contributed by atoms with Crippen LogP contribution in [0.1, 0.15) is 10.4 Å². The predicted molar refractivity (Wildman–Crippen MR) is 103 cm³/mol. The molecule has 0 saturated carbocycles. The minimum Gasteiger partial charge on any atom is -0.388 e. The van der Waals surface area contributed by atoms with Crippen molar-refractivity contribution in [1.29, 1.82) is 0 Å². The molecule has 0 aliphatic carbocycles. The van der Waals surface area contributed by atoms with E-state index in [-0.39, 0.29) is 46.2 Å². The Hall–Kier alpha value is -2.56. The Bertz CT molecular complexity index is 876. The average molecular weight is 498 g/mol. The molecule has 2 rings (SSSR count). The second kappa shape index (κ2) is 13.4. The normalized spacial score (nSPS) is 22.3. The van der Waals surface area contributed by atoms with E-state index in [2.05, 4.69) is 10.0 Å². The fourth-order valence-corrected chi connectivity index (χ4v) is 2.75. The van der Waals surface area contributed by atoms with E-state index in [1.807, 2.05) is 5.32 Å². The lowest BCUT2D eigenvalue weighted by atomic mass is 10.1. The number of rotatable bonds is 12. The van der Waals surface area contributed by atoms with E-state index in [9.17, 15) is 37.7 Å². The molecule has 1 unspecified atom stereocenters. The molecule has 1 fully saturated rings. The largest absolute Gasteiger partial charge is 0.388 e. The lowest BCUT2D eigenvalue weighted by molar-refractivity contribution is -0.271. The summed E-state index contributed by atoms with van der Waals surface area (Å²) in [6.45, 7) is -0.357. The van der Waals surface area contributed by atoms with E-state index in [4.69, 9.17) is 24.5 Å². The van der Waals surface area contributed by atoms with Crippen LogP contribution in [-0.4, -0.2) is 92.0 Å². The number of azide groups is 1. The maximum Gasteiger partial charge on any atom is 0.257 e. The molecule has 0 bridgehead atoms. The molecule has 12 nitrogen and oxygen atoms in total. The van der Waals surface area contributed by atoms with Crippen LogP contribution >= 0.6 is 0 Å². The molecule has 1 aliphatic heterocycles. The van der Waals surface area contributed by atoms with Crippen molar-refractivity contribution < 1.29 is 56.6 Å². The minimum absolute atomic E-state index is 0.00329. The monoisotopic (exact) mass is 498 g/mol. The van der Waals surface area contributed by atoms with Crippen molar-refractivity contribution in [3.05, 3.63) is 39.3 Å². The molecule has 34 heavy (non-hydrogen) atoms. The number of nitrogens with one attached hydrogen (secondary N) is 1. The van der Waals surface area contributed by atoms with Crippen LogP contribution in [0.4, 0.5) is 23.2 Å². The number of aliphatic hydroxyl groups is 3. The van der Waals surface area contributed by atoms with Crippen LogP contribution in [0.2, 0.25) is 0 Å². The third kappa shape index (κ3) is 6.97. The topological polar surface area (TPSA) is 175 Å². The third-order valence-electron chi connectivity index (χ3n) is 4.48. The number of amides is 1. The molecule has 0 radical (unpaired) electrons. The van der Waals surface area contributed by atoms with Crippen molar-refractivity contribution in [1.82, 2.24) is 5.32 Å². The highest BCUT2D eigenvalue weighted by atomic mass is 19.2. The molecule has 1 saturated heterocycles. The van der Waals surface area contributed by atoms with Crippen LogP contribution in [0.15, 0.2) is 5.11 Å². The van der Waals surface area contributed by atoms with Gasteiger partial charge in [0.05, 0.1) is 39.6 Å². The van der Waals surface area contributed by atoms with E-state index in [0.717, 1.165) is 0 Å². The number of benzene rings is 1. The van der Waals surface area contributed by atoms with E-state index >= 15 is 0 Å². The number of ether oxygens (including phenoxy) is 4. The summed E-state index contributed by atoms with van der Waals surface area (Å²) in [7, 11) is 0. The number of halogens is 4. The summed E-state index contributed by atoms with van der Waals surface area (Å²) in [4.78, 5) is 13.9. The van der Waals surface area contributed by atoms with Gasteiger partial charge in [0, 0.05) is 11.5 Å². The van der Waals surface area contributed by atoms with Crippen LogP contribution in [0, 0.1) is 23.3 Å². The van der Waals surface area contributed by atoms with Gasteiger partial charge in [0.2, 0.25) is 0 Å². The highest BCUT2D eigenvalue weighted by Crippen LogP contribution is 2.30. The second-order valence-electron chi connectivity index (χ2n) is 6.77. The summed E-state index contributed by atoms with van der Waals surface area (Å²) in [6.07, 6.45) is -5.13. The number of hydrogen-bond donors (Lipinski definition) is 4. The van der Waals surface area contributed by atoms with Gasteiger partial charge in [0.15, 0.2) is 29.6 Å². The smallest absolute Gasteiger partial charge is 0.257 e. The number of hydrogen-bond acceptors (Lipinski definition) is 9. The second-order valence-corrected chi connectivity index (χ2v) is 6.77. The van der Waals surface area contributed by atoms with Gasteiger partial charge in [-0.3, -0.25) is 4.79 Å². The minimum atomic E-state index is -2.01. The summed E-state index contributed by atoms with van der Waals surface area (Å²) in [5.41, 5.74) is 5.16. The third-order valence-corrected chi connectivity index (χ3v) is 4.48. The Morgan fingerprint density at radius 3 is 2.21 bits per heavy atom. The van der Waals surface area contributed by atoms with Gasteiger partial charge in [0.1, 0.15) is 29.6 Å². The Morgan fingerprint density at radius 2 is 1.59 bits per heavy atom.